The van der Waals surface area contributed by atoms with Gasteiger partial charge in [0, 0.05) is 0 Å². The molecule has 1 N–H and O–H groups in total. The van der Waals surface area contributed by atoms with Crippen molar-refractivity contribution in [3.63, 3.8) is 0 Å². The number of carbonyl (C=O) groups excluding carboxylic acids is 2. The Morgan fingerprint density at radius 3 is 1.76 bits per heavy atom. The molecule has 0 bridgehead atoms. The third-order valence-electron chi connectivity index (χ3n) is 1.78. The zero-order valence-electron chi connectivity index (χ0n) is 12.4. The summed E-state index contributed by atoms with van der Waals surface area (Å²) in [6.45, 7) is 14.6. The van der Waals surface area contributed by atoms with E-state index >= 15 is 0 Å². The predicted molar refractivity (Wildman–Crippen MR) is 70.0 cm³/mol. The van der Waals surface area contributed by atoms with Crippen LogP contribution in [-0.2, 0) is 9.53 Å². The highest BCUT2D eigenvalue weighted by atomic mass is 16.6. The maximum Gasteiger partial charge on any atom is 0.408 e. The van der Waals surface area contributed by atoms with Crippen LogP contribution in [0.1, 0.15) is 55.4 Å². The molecule has 0 radical (unpaired) electrons. The van der Waals surface area contributed by atoms with E-state index in [1.54, 1.807) is 20.8 Å². The number of hydrogen-bond donors (Lipinski definition) is 1. The van der Waals surface area contributed by atoms with Crippen molar-refractivity contribution in [2.75, 3.05) is 0 Å². The number of amides is 1. The van der Waals surface area contributed by atoms with Gasteiger partial charge in [0.1, 0.15) is 5.60 Å². The lowest BCUT2D eigenvalue weighted by atomic mass is 10.0. The molecule has 0 rings (SSSR count). The van der Waals surface area contributed by atoms with Gasteiger partial charge in [-0.15, -0.1) is 0 Å². The minimum absolute atomic E-state index is 0.0594. The van der Waals surface area contributed by atoms with Gasteiger partial charge in [-0.3, -0.25) is 4.79 Å². The molecule has 0 aromatic rings. The monoisotopic (exact) mass is 245 g/mol. The van der Waals surface area contributed by atoms with Crippen LogP contribution in [0.5, 0.6) is 0 Å². The Morgan fingerprint density at radius 2 is 1.53 bits per heavy atom. The van der Waals surface area contributed by atoms with Crippen LogP contribution < -0.4 is 5.32 Å². The number of ether oxygens (including phenoxy) is 1. The van der Waals surface area contributed by atoms with Gasteiger partial charge < -0.3 is 10.1 Å². The molecule has 1 atom stereocenters. The summed E-state index contributed by atoms with van der Waals surface area (Å²) in [6, 6.07) is -0.472. The molecule has 0 aliphatic rings. The van der Waals surface area contributed by atoms with Gasteiger partial charge in [0.05, 0.1) is 6.04 Å². The summed E-state index contributed by atoms with van der Waals surface area (Å²) in [5, 5.41) is 2.56. The van der Waals surface area contributed by atoms with Gasteiger partial charge in [0.2, 0.25) is 0 Å². The molecule has 0 saturated carbocycles. The maximum absolute atomic E-state index is 11.4. The first-order valence-corrected chi connectivity index (χ1v) is 6.13. The van der Waals surface area contributed by atoms with E-state index in [2.05, 4.69) is 5.32 Å². The molecule has 0 aliphatic carbocycles. The van der Waals surface area contributed by atoms with Gasteiger partial charge in [-0.1, -0.05) is 27.7 Å². The first-order chi connectivity index (χ1) is 7.63. The van der Waals surface area contributed by atoms with Crippen molar-refractivity contribution in [1.82, 2.24) is 5.32 Å². The minimum atomic E-state index is -0.545. The molecule has 4 nitrogen and oxygen atoms in total. The number of nitrogens with one attached hydrogen (secondary N) is 1. The van der Waals surface area contributed by atoms with Crippen molar-refractivity contribution in [1.29, 1.82) is 0 Å². The second-order valence-corrected chi connectivity index (χ2v) is 4.98. The second kappa shape index (κ2) is 8.09. The molecule has 0 saturated heterocycles. The number of carbonyl (C=O) groups is 2. The Balaban J connectivity index is 0. The average Bonchev–Trinajstić information content (AvgIpc) is 2.13. The molecule has 0 fully saturated rings. The molecule has 1 amide bonds. The van der Waals surface area contributed by atoms with Crippen LogP contribution in [-0.4, -0.2) is 23.5 Å². The molecular formula is C13H27NO3. The Morgan fingerprint density at radius 1 is 1.12 bits per heavy atom. The van der Waals surface area contributed by atoms with Crippen LogP contribution in [0.3, 0.4) is 0 Å². The van der Waals surface area contributed by atoms with E-state index in [1.165, 1.54) is 6.92 Å². The lowest BCUT2D eigenvalue weighted by Crippen LogP contribution is -2.45. The minimum Gasteiger partial charge on any atom is -0.444 e. The summed E-state index contributed by atoms with van der Waals surface area (Å²) in [5.41, 5.74) is -0.539. The molecule has 1 unspecified atom stereocenters. The van der Waals surface area contributed by atoms with Crippen LogP contribution in [0, 0.1) is 5.92 Å². The molecule has 0 aromatic carbocycles. The molecule has 102 valence electrons. The Bertz CT molecular complexity index is 242. The van der Waals surface area contributed by atoms with Gasteiger partial charge in [-0.05, 0) is 33.6 Å². The second-order valence-electron chi connectivity index (χ2n) is 4.98. The average molecular weight is 245 g/mol. The molecular weight excluding hydrogens is 218 g/mol. The number of hydrogen-bond acceptors (Lipinski definition) is 3. The first kappa shape index (κ1) is 18.3. The van der Waals surface area contributed by atoms with E-state index in [4.69, 9.17) is 4.74 Å². The highest BCUT2D eigenvalue weighted by Crippen LogP contribution is 2.08. The SMILES string of the molecule is CC.CC(=O)C(NC(=O)OC(C)(C)C)C(C)C. The fourth-order valence-electron chi connectivity index (χ4n) is 1.17. The molecule has 0 aliphatic heterocycles. The molecule has 0 heterocycles. The zero-order chi connectivity index (χ0) is 14.2. The Labute approximate surface area is 105 Å². The van der Waals surface area contributed by atoms with Gasteiger partial charge in [0.15, 0.2) is 5.78 Å². The fourth-order valence-corrected chi connectivity index (χ4v) is 1.17. The lowest BCUT2D eigenvalue weighted by molar-refractivity contribution is -0.120. The quantitative estimate of drug-likeness (QED) is 0.831. The predicted octanol–water partition coefficient (Wildman–Crippen LogP) is 3.15. The Kier molecular flexibility index (Phi) is 8.72. The fraction of sp³-hybridized carbons (Fsp3) is 0.846. The standard InChI is InChI=1S/C11H21NO3.C2H6/c1-7(2)9(8(3)13)12-10(14)15-11(4,5)6;1-2/h7,9H,1-6H3,(H,12,14);1-2H3. The van der Waals surface area contributed by atoms with Gasteiger partial charge in [-0.25, -0.2) is 4.79 Å². The van der Waals surface area contributed by atoms with Crippen LogP contribution in [0.15, 0.2) is 0 Å². The highest BCUT2D eigenvalue weighted by molar-refractivity contribution is 5.85. The summed E-state index contributed by atoms with van der Waals surface area (Å²) in [6.07, 6.45) is -0.545. The van der Waals surface area contributed by atoms with Crippen LogP contribution in [0.25, 0.3) is 0 Å². The molecule has 0 aromatic heterocycles. The third-order valence-corrected chi connectivity index (χ3v) is 1.78. The number of ketones is 1. The van der Waals surface area contributed by atoms with Gasteiger partial charge in [0.25, 0.3) is 0 Å². The lowest BCUT2D eigenvalue weighted by Gasteiger charge is -2.24. The largest absolute Gasteiger partial charge is 0.444 e. The smallest absolute Gasteiger partial charge is 0.408 e. The summed E-state index contributed by atoms with van der Waals surface area (Å²) < 4.78 is 5.07. The molecule has 4 heteroatoms. The number of rotatable bonds is 3. The van der Waals surface area contributed by atoms with Crippen LogP contribution >= 0.6 is 0 Å². The van der Waals surface area contributed by atoms with Crippen molar-refractivity contribution < 1.29 is 14.3 Å². The zero-order valence-corrected chi connectivity index (χ0v) is 12.4. The van der Waals surface area contributed by atoms with E-state index in [-0.39, 0.29) is 11.7 Å². The topological polar surface area (TPSA) is 55.4 Å². The number of alkyl carbamates (subject to hydrolysis) is 1. The summed E-state index contributed by atoms with van der Waals surface area (Å²) in [7, 11) is 0. The highest BCUT2D eigenvalue weighted by Gasteiger charge is 2.23. The van der Waals surface area contributed by atoms with Crippen molar-refractivity contribution in [3.8, 4) is 0 Å². The maximum atomic E-state index is 11.4. The van der Waals surface area contributed by atoms with Crippen molar-refractivity contribution in [3.05, 3.63) is 0 Å². The van der Waals surface area contributed by atoms with E-state index in [9.17, 15) is 9.59 Å². The molecule has 17 heavy (non-hydrogen) atoms. The van der Waals surface area contributed by atoms with Crippen molar-refractivity contribution in [2.45, 2.75) is 67.0 Å². The summed E-state index contributed by atoms with van der Waals surface area (Å²) in [5.74, 6) is 0.00544. The Hall–Kier alpha value is -1.06. The van der Waals surface area contributed by atoms with E-state index in [0.29, 0.717) is 0 Å². The van der Waals surface area contributed by atoms with Gasteiger partial charge in [-0.2, -0.15) is 0 Å². The summed E-state index contributed by atoms with van der Waals surface area (Å²) in [4.78, 5) is 22.6. The normalized spacial score (nSPS) is 12.3. The number of Topliss-reactive ketones (excluding diaryl/α,β-unsaturated/α-hetero) is 1. The van der Waals surface area contributed by atoms with Crippen LogP contribution in [0.2, 0.25) is 0 Å². The first-order valence-electron chi connectivity index (χ1n) is 6.13. The van der Waals surface area contributed by atoms with E-state index in [0.717, 1.165) is 0 Å². The third kappa shape index (κ3) is 9.85. The van der Waals surface area contributed by atoms with E-state index in [1.807, 2.05) is 27.7 Å². The van der Waals surface area contributed by atoms with Crippen molar-refractivity contribution in [2.24, 2.45) is 5.92 Å². The van der Waals surface area contributed by atoms with Crippen molar-refractivity contribution >= 4 is 11.9 Å². The van der Waals surface area contributed by atoms with Crippen LogP contribution in [0.4, 0.5) is 4.79 Å². The van der Waals surface area contributed by atoms with E-state index < -0.39 is 17.7 Å². The molecule has 0 spiro atoms. The van der Waals surface area contributed by atoms with Gasteiger partial charge >= 0.3 is 6.09 Å². The summed E-state index contributed by atoms with van der Waals surface area (Å²) >= 11 is 0.